The second-order valence-electron chi connectivity index (χ2n) is 5.56. The Labute approximate surface area is 161 Å². The van der Waals surface area contributed by atoms with Crippen LogP contribution < -0.4 is 0 Å². The molecule has 0 amide bonds. The monoisotopic (exact) mass is 366 g/mol. The van der Waals surface area contributed by atoms with Gasteiger partial charge in [-0.1, -0.05) is 36.9 Å². The summed E-state index contributed by atoms with van der Waals surface area (Å²) in [6.45, 7) is 8.72. The molecule has 0 spiro atoms. The molecule has 0 N–H and O–H groups in total. The quantitative estimate of drug-likeness (QED) is 0.251. The van der Waals surface area contributed by atoms with E-state index >= 15 is 0 Å². The maximum Gasteiger partial charge on any atom is 0.303 e. The van der Waals surface area contributed by atoms with Crippen molar-refractivity contribution in [2.45, 2.75) is 26.4 Å². The summed E-state index contributed by atoms with van der Waals surface area (Å²) in [6, 6.07) is 3.86. The summed E-state index contributed by atoms with van der Waals surface area (Å²) in [5.41, 5.74) is 3.84. The SMILES string of the molecule is C=C\C=C/C(=C/OC)C(=C/C=C\N=C)/CCc1ccc(COC(C)=O)nc1. The standard InChI is InChI=1S/C22H26N2O3/c1-5-6-8-21(16-26-4)20(9-7-14-23-3)12-10-19-11-13-22(24-15-19)17-27-18(2)25/h5-9,11,13-16H,1,3,10,12,17H2,2,4H3/b8-6-,14-7-,20-9+,21-16-. The first-order valence-electron chi connectivity index (χ1n) is 8.51. The zero-order valence-corrected chi connectivity index (χ0v) is 15.9. The van der Waals surface area contributed by atoms with Gasteiger partial charge in [0.2, 0.25) is 0 Å². The normalized spacial score (nSPS) is 12.4. The van der Waals surface area contributed by atoms with Crippen molar-refractivity contribution < 1.29 is 14.3 Å². The van der Waals surface area contributed by atoms with Crippen LogP contribution >= 0.6 is 0 Å². The number of aryl methyl sites for hydroxylation is 1. The molecule has 0 unspecified atom stereocenters. The van der Waals surface area contributed by atoms with Crippen LogP contribution in [0.3, 0.4) is 0 Å². The third-order valence-corrected chi connectivity index (χ3v) is 3.51. The van der Waals surface area contributed by atoms with Crippen LogP contribution in [0, 0.1) is 0 Å². The van der Waals surface area contributed by atoms with E-state index < -0.39 is 0 Å². The van der Waals surface area contributed by atoms with Gasteiger partial charge in [-0.3, -0.25) is 14.8 Å². The number of aliphatic imine (C=N–C) groups is 1. The molecular formula is C22H26N2O3. The van der Waals surface area contributed by atoms with E-state index in [-0.39, 0.29) is 12.6 Å². The molecule has 1 aromatic rings. The summed E-state index contributed by atoms with van der Waals surface area (Å²) in [5.74, 6) is -0.317. The average molecular weight is 366 g/mol. The van der Waals surface area contributed by atoms with Crippen LogP contribution in [-0.2, 0) is 27.3 Å². The van der Waals surface area contributed by atoms with Gasteiger partial charge in [-0.15, -0.1) is 0 Å². The average Bonchev–Trinajstić information content (AvgIpc) is 2.67. The molecule has 5 heteroatoms. The number of hydrogen-bond donors (Lipinski definition) is 0. The number of esters is 1. The number of carbonyl (C=O) groups excluding carboxylic acids is 1. The minimum Gasteiger partial charge on any atom is -0.504 e. The molecule has 0 aliphatic heterocycles. The van der Waals surface area contributed by atoms with Crippen LogP contribution in [0.1, 0.15) is 24.6 Å². The number of pyridine rings is 1. The van der Waals surface area contributed by atoms with Gasteiger partial charge in [-0.25, -0.2) is 0 Å². The van der Waals surface area contributed by atoms with Gasteiger partial charge in [-0.2, -0.15) is 0 Å². The minimum absolute atomic E-state index is 0.188. The highest BCUT2D eigenvalue weighted by Gasteiger charge is 2.05. The van der Waals surface area contributed by atoms with Gasteiger partial charge in [-0.05, 0) is 42.8 Å². The molecular weight excluding hydrogens is 340 g/mol. The zero-order chi connectivity index (χ0) is 19.9. The van der Waals surface area contributed by atoms with E-state index in [2.05, 4.69) is 23.3 Å². The van der Waals surface area contributed by atoms with Gasteiger partial charge in [0.05, 0.1) is 19.1 Å². The Morgan fingerprint density at radius 3 is 2.74 bits per heavy atom. The topological polar surface area (TPSA) is 60.8 Å². The number of methoxy groups -OCH3 is 1. The van der Waals surface area contributed by atoms with E-state index in [0.29, 0.717) is 0 Å². The third kappa shape index (κ3) is 9.16. The molecule has 0 aliphatic rings. The fourth-order valence-electron chi connectivity index (χ4n) is 2.21. The Balaban J connectivity index is 2.88. The molecule has 0 atom stereocenters. The smallest absolute Gasteiger partial charge is 0.303 e. The molecule has 5 nitrogen and oxygen atoms in total. The second kappa shape index (κ2) is 13.1. The molecule has 0 aromatic carbocycles. The van der Waals surface area contributed by atoms with Crippen molar-refractivity contribution in [1.82, 2.24) is 4.98 Å². The summed E-state index contributed by atoms with van der Waals surface area (Å²) in [6.07, 6.45) is 16.1. The highest BCUT2D eigenvalue weighted by molar-refractivity contribution is 5.65. The Morgan fingerprint density at radius 2 is 2.15 bits per heavy atom. The first-order chi connectivity index (χ1) is 13.1. The Hall–Kier alpha value is -3.21. The van der Waals surface area contributed by atoms with Crippen molar-refractivity contribution in [3.8, 4) is 0 Å². The molecule has 142 valence electrons. The van der Waals surface area contributed by atoms with E-state index in [4.69, 9.17) is 9.47 Å². The first-order valence-corrected chi connectivity index (χ1v) is 8.51. The van der Waals surface area contributed by atoms with Crippen molar-refractivity contribution in [2.75, 3.05) is 7.11 Å². The molecule has 0 saturated heterocycles. The third-order valence-electron chi connectivity index (χ3n) is 3.51. The number of aromatic nitrogens is 1. The summed E-state index contributed by atoms with van der Waals surface area (Å²) in [5, 5.41) is 0. The fourth-order valence-corrected chi connectivity index (χ4v) is 2.21. The summed E-state index contributed by atoms with van der Waals surface area (Å²) in [7, 11) is 1.62. The fraction of sp³-hybridized carbons (Fsp3) is 0.227. The number of allylic oxidation sites excluding steroid dienone is 7. The minimum atomic E-state index is -0.317. The molecule has 0 fully saturated rings. The Bertz CT molecular complexity index is 741. The Morgan fingerprint density at radius 1 is 1.33 bits per heavy atom. The number of hydrogen-bond acceptors (Lipinski definition) is 5. The van der Waals surface area contributed by atoms with Gasteiger partial charge in [0, 0.05) is 24.9 Å². The van der Waals surface area contributed by atoms with Gasteiger partial charge >= 0.3 is 5.97 Å². The van der Waals surface area contributed by atoms with Crippen LogP contribution in [0.15, 0.2) is 83.9 Å². The van der Waals surface area contributed by atoms with Crippen LogP contribution in [0.5, 0.6) is 0 Å². The van der Waals surface area contributed by atoms with E-state index in [1.165, 1.54) is 6.92 Å². The lowest BCUT2D eigenvalue weighted by atomic mass is 9.98. The van der Waals surface area contributed by atoms with E-state index in [9.17, 15) is 4.79 Å². The van der Waals surface area contributed by atoms with Crippen molar-refractivity contribution in [3.63, 3.8) is 0 Å². The van der Waals surface area contributed by atoms with Crippen LogP contribution in [0.25, 0.3) is 0 Å². The lowest BCUT2D eigenvalue weighted by Crippen LogP contribution is -2.01. The molecule has 1 rings (SSSR count). The number of carbonyl (C=O) groups is 1. The molecule has 0 aliphatic carbocycles. The van der Waals surface area contributed by atoms with Gasteiger partial charge < -0.3 is 9.47 Å². The molecule has 0 saturated carbocycles. The maximum absolute atomic E-state index is 10.9. The first kappa shape index (κ1) is 21.8. The lowest BCUT2D eigenvalue weighted by Gasteiger charge is -2.09. The molecule has 27 heavy (non-hydrogen) atoms. The summed E-state index contributed by atoms with van der Waals surface area (Å²) in [4.78, 5) is 18.9. The largest absolute Gasteiger partial charge is 0.504 e. The van der Waals surface area contributed by atoms with Gasteiger partial charge in [0.15, 0.2) is 0 Å². The van der Waals surface area contributed by atoms with Crippen molar-refractivity contribution >= 4 is 12.7 Å². The van der Waals surface area contributed by atoms with E-state index in [1.54, 1.807) is 31.8 Å². The molecule has 1 aromatic heterocycles. The van der Waals surface area contributed by atoms with E-state index in [0.717, 1.165) is 35.2 Å². The van der Waals surface area contributed by atoms with Crippen LogP contribution in [0.4, 0.5) is 0 Å². The lowest BCUT2D eigenvalue weighted by molar-refractivity contribution is -0.142. The number of rotatable bonds is 11. The highest BCUT2D eigenvalue weighted by atomic mass is 16.5. The Kier molecular flexibility index (Phi) is 10.6. The highest BCUT2D eigenvalue weighted by Crippen LogP contribution is 2.19. The molecule has 0 radical (unpaired) electrons. The van der Waals surface area contributed by atoms with Gasteiger partial charge in [0.1, 0.15) is 6.61 Å². The molecule has 1 heterocycles. The van der Waals surface area contributed by atoms with Crippen LogP contribution in [0.2, 0.25) is 0 Å². The summed E-state index contributed by atoms with van der Waals surface area (Å²) >= 11 is 0. The number of ether oxygens (including phenoxy) is 2. The zero-order valence-electron chi connectivity index (χ0n) is 15.9. The second-order valence-corrected chi connectivity index (χ2v) is 5.56. The maximum atomic E-state index is 10.9. The summed E-state index contributed by atoms with van der Waals surface area (Å²) < 4.78 is 10.1. The predicted molar refractivity (Wildman–Crippen MR) is 109 cm³/mol. The van der Waals surface area contributed by atoms with E-state index in [1.807, 2.05) is 36.4 Å². The van der Waals surface area contributed by atoms with Crippen LogP contribution in [-0.4, -0.2) is 24.8 Å². The van der Waals surface area contributed by atoms with Crippen molar-refractivity contribution in [1.29, 1.82) is 0 Å². The number of nitrogens with zero attached hydrogens (tertiary/aromatic N) is 2. The van der Waals surface area contributed by atoms with Crippen molar-refractivity contribution in [2.24, 2.45) is 4.99 Å². The van der Waals surface area contributed by atoms with Crippen molar-refractivity contribution in [3.05, 3.63) is 90.2 Å². The molecule has 0 bridgehead atoms. The predicted octanol–water partition coefficient (Wildman–Crippen LogP) is 4.49. The van der Waals surface area contributed by atoms with Gasteiger partial charge in [0.25, 0.3) is 0 Å².